The normalized spacial score (nSPS) is 12.4. The van der Waals surface area contributed by atoms with Crippen LogP contribution in [0.3, 0.4) is 0 Å². The highest BCUT2D eigenvalue weighted by Crippen LogP contribution is 2.07. The average molecular weight is 204 g/mol. The second kappa shape index (κ2) is 6.36. The smallest absolute Gasteiger partial charge is 0.0314 e. The molecule has 1 aromatic rings. The van der Waals surface area contributed by atoms with Gasteiger partial charge in [-0.2, -0.15) is 0 Å². The molecule has 0 saturated heterocycles. The molecule has 82 valence electrons. The molecule has 0 aromatic carbocycles. The number of pyridine rings is 1. The Morgan fingerprint density at radius 3 is 2.67 bits per heavy atom. The molecule has 0 spiro atoms. The lowest BCUT2D eigenvalue weighted by Crippen LogP contribution is -2.32. The van der Waals surface area contributed by atoms with Gasteiger partial charge in [-0.25, -0.2) is 0 Å². The predicted molar refractivity (Wildman–Crippen MR) is 64.8 cm³/mol. The van der Waals surface area contributed by atoms with Gasteiger partial charge in [0.25, 0.3) is 0 Å². The fourth-order valence-corrected chi connectivity index (χ4v) is 1.49. The Labute approximate surface area is 92.4 Å². The monoisotopic (exact) mass is 204 g/mol. The molecule has 2 nitrogen and oxygen atoms in total. The maximum atomic E-state index is 4.03. The van der Waals surface area contributed by atoms with Crippen molar-refractivity contribution in [1.82, 2.24) is 10.3 Å². The molecule has 0 bridgehead atoms. The minimum atomic E-state index is 0.382. The van der Waals surface area contributed by atoms with E-state index in [9.17, 15) is 0 Å². The fraction of sp³-hybridized carbons (Fsp3) is 0.462. The van der Waals surface area contributed by atoms with Crippen LogP contribution in [0.25, 0.3) is 0 Å². The first kappa shape index (κ1) is 11.9. The van der Waals surface area contributed by atoms with E-state index in [1.807, 2.05) is 12.4 Å². The van der Waals surface area contributed by atoms with Crippen molar-refractivity contribution >= 4 is 0 Å². The van der Waals surface area contributed by atoms with Crippen molar-refractivity contribution in [2.24, 2.45) is 0 Å². The summed E-state index contributed by atoms with van der Waals surface area (Å²) in [5.74, 6) is 0. The molecule has 1 unspecified atom stereocenters. The molecule has 0 aliphatic heterocycles. The SMILES string of the molecule is C=C(C)C(Cc1ccncc1)NCCC. The maximum absolute atomic E-state index is 4.03. The Morgan fingerprint density at radius 2 is 2.13 bits per heavy atom. The number of nitrogens with one attached hydrogen (secondary N) is 1. The highest BCUT2D eigenvalue weighted by atomic mass is 14.9. The number of nitrogens with zero attached hydrogens (tertiary/aromatic N) is 1. The van der Waals surface area contributed by atoms with Crippen LogP contribution in [0.1, 0.15) is 25.8 Å². The van der Waals surface area contributed by atoms with Crippen molar-refractivity contribution in [3.8, 4) is 0 Å². The lowest BCUT2D eigenvalue weighted by molar-refractivity contribution is 0.563. The van der Waals surface area contributed by atoms with Crippen molar-refractivity contribution in [2.45, 2.75) is 32.7 Å². The van der Waals surface area contributed by atoms with E-state index in [4.69, 9.17) is 0 Å². The summed E-state index contributed by atoms with van der Waals surface area (Å²) < 4.78 is 0. The first-order valence-electron chi connectivity index (χ1n) is 5.51. The maximum Gasteiger partial charge on any atom is 0.0314 e. The Balaban J connectivity index is 2.55. The van der Waals surface area contributed by atoms with E-state index in [1.54, 1.807) is 0 Å². The minimum absolute atomic E-state index is 0.382. The van der Waals surface area contributed by atoms with Crippen LogP contribution in [-0.4, -0.2) is 17.6 Å². The third-order valence-electron chi connectivity index (χ3n) is 2.42. The largest absolute Gasteiger partial charge is 0.310 e. The van der Waals surface area contributed by atoms with E-state index in [0.29, 0.717) is 6.04 Å². The quantitative estimate of drug-likeness (QED) is 0.720. The van der Waals surface area contributed by atoms with Gasteiger partial charge in [0.2, 0.25) is 0 Å². The third kappa shape index (κ3) is 4.26. The van der Waals surface area contributed by atoms with E-state index >= 15 is 0 Å². The second-order valence-electron chi connectivity index (χ2n) is 3.91. The summed E-state index contributed by atoms with van der Waals surface area (Å²) in [5.41, 5.74) is 2.50. The summed E-state index contributed by atoms with van der Waals surface area (Å²) in [4.78, 5) is 4.02. The molecule has 0 aliphatic rings. The molecule has 1 atom stereocenters. The molecule has 2 heteroatoms. The van der Waals surface area contributed by atoms with E-state index in [2.05, 4.69) is 42.9 Å². The van der Waals surface area contributed by atoms with Crippen LogP contribution in [0.5, 0.6) is 0 Å². The number of hydrogen-bond acceptors (Lipinski definition) is 2. The summed E-state index contributed by atoms with van der Waals surface area (Å²) in [5, 5.41) is 3.50. The van der Waals surface area contributed by atoms with Gasteiger partial charge in [-0.3, -0.25) is 4.98 Å². The molecule has 0 saturated carbocycles. The van der Waals surface area contributed by atoms with Gasteiger partial charge in [-0.1, -0.05) is 19.1 Å². The van der Waals surface area contributed by atoms with Crippen LogP contribution in [-0.2, 0) is 6.42 Å². The zero-order valence-corrected chi connectivity index (χ0v) is 9.66. The zero-order chi connectivity index (χ0) is 11.1. The third-order valence-corrected chi connectivity index (χ3v) is 2.42. The molecular formula is C13H20N2. The van der Waals surface area contributed by atoms with E-state index < -0.39 is 0 Å². The first-order valence-corrected chi connectivity index (χ1v) is 5.51. The molecule has 1 heterocycles. The van der Waals surface area contributed by atoms with Crippen LogP contribution < -0.4 is 5.32 Å². The molecule has 1 N–H and O–H groups in total. The van der Waals surface area contributed by atoms with Gasteiger partial charge < -0.3 is 5.32 Å². The molecule has 15 heavy (non-hydrogen) atoms. The summed E-state index contributed by atoms with van der Waals surface area (Å²) in [6.45, 7) is 9.32. The van der Waals surface area contributed by atoms with Gasteiger partial charge in [0, 0.05) is 18.4 Å². The van der Waals surface area contributed by atoms with Crippen LogP contribution in [0.2, 0.25) is 0 Å². The van der Waals surface area contributed by atoms with Crippen LogP contribution in [0.4, 0.5) is 0 Å². The highest BCUT2D eigenvalue weighted by Gasteiger charge is 2.08. The number of hydrogen-bond donors (Lipinski definition) is 1. The molecule has 0 radical (unpaired) electrons. The Bertz CT molecular complexity index is 293. The molecule has 0 aliphatic carbocycles. The molecule has 0 fully saturated rings. The van der Waals surface area contributed by atoms with E-state index in [-0.39, 0.29) is 0 Å². The molecule has 0 amide bonds. The Hall–Kier alpha value is -1.15. The second-order valence-corrected chi connectivity index (χ2v) is 3.91. The fourth-order valence-electron chi connectivity index (χ4n) is 1.49. The summed E-state index contributed by atoms with van der Waals surface area (Å²) in [6, 6.07) is 4.50. The minimum Gasteiger partial charge on any atom is -0.310 e. The lowest BCUT2D eigenvalue weighted by atomic mass is 10.0. The van der Waals surface area contributed by atoms with E-state index in [0.717, 1.165) is 19.4 Å². The lowest BCUT2D eigenvalue weighted by Gasteiger charge is -2.18. The van der Waals surface area contributed by atoms with Gasteiger partial charge >= 0.3 is 0 Å². The standard InChI is InChI=1S/C13H20N2/c1-4-7-15-13(11(2)3)10-12-5-8-14-9-6-12/h5-6,8-9,13,15H,2,4,7,10H2,1,3H3. The topological polar surface area (TPSA) is 24.9 Å². The van der Waals surface area contributed by atoms with Crippen molar-refractivity contribution in [2.75, 3.05) is 6.54 Å². The zero-order valence-electron chi connectivity index (χ0n) is 9.66. The van der Waals surface area contributed by atoms with Crippen LogP contribution in [0.15, 0.2) is 36.7 Å². The number of aromatic nitrogens is 1. The van der Waals surface area contributed by atoms with Gasteiger partial charge in [0.15, 0.2) is 0 Å². The molecule has 1 rings (SSSR count). The first-order chi connectivity index (χ1) is 7.24. The predicted octanol–water partition coefficient (Wildman–Crippen LogP) is 2.57. The van der Waals surface area contributed by atoms with Gasteiger partial charge in [-0.05, 0) is 44.0 Å². The molecular weight excluding hydrogens is 184 g/mol. The Kier molecular flexibility index (Phi) is 5.05. The summed E-state index contributed by atoms with van der Waals surface area (Å²) in [6.07, 6.45) is 5.83. The summed E-state index contributed by atoms with van der Waals surface area (Å²) in [7, 11) is 0. The van der Waals surface area contributed by atoms with Crippen molar-refractivity contribution in [3.05, 3.63) is 42.2 Å². The van der Waals surface area contributed by atoms with E-state index in [1.165, 1.54) is 11.1 Å². The van der Waals surface area contributed by atoms with Gasteiger partial charge in [-0.15, -0.1) is 0 Å². The molecule has 1 aromatic heterocycles. The highest BCUT2D eigenvalue weighted by molar-refractivity contribution is 5.16. The van der Waals surface area contributed by atoms with Crippen LogP contribution >= 0.6 is 0 Å². The van der Waals surface area contributed by atoms with Crippen LogP contribution in [0, 0.1) is 0 Å². The van der Waals surface area contributed by atoms with Crippen molar-refractivity contribution < 1.29 is 0 Å². The van der Waals surface area contributed by atoms with Crippen molar-refractivity contribution in [1.29, 1.82) is 0 Å². The average Bonchev–Trinajstić information content (AvgIpc) is 2.25. The summed E-state index contributed by atoms with van der Waals surface area (Å²) >= 11 is 0. The van der Waals surface area contributed by atoms with Gasteiger partial charge in [0.1, 0.15) is 0 Å². The van der Waals surface area contributed by atoms with Crippen molar-refractivity contribution in [3.63, 3.8) is 0 Å². The number of rotatable bonds is 6. The van der Waals surface area contributed by atoms with Gasteiger partial charge in [0.05, 0.1) is 0 Å². The Morgan fingerprint density at radius 1 is 1.47 bits per heavy atom.